The molecule has 0 bridgehead atoms. The Morgan fingerprint density at radius 1 is 1.33 bits per heavy atom. The van der Waals surface area contributed by atoms with Gasteiger partial charge in [0.2, 0.25) is 0 Å². The van der Waals surface area contributed by atoms with Crippen molar-refractivity contribution < 1.29 is 4.42 Å². The Bertz CT molecular complexity index is 640. The minimum Gasteiger partial charge on any atom is -0.464 e. The van der Waals surface area contributed by atoms with Gasteiger partial charge in [-0.3, -0.25) is 4.79 Å². The van der Waals surface area contributed by atoms with Gasteiger partial charge < -0.3 is 4.42 Å². The Balaban J connectivity index is 3.06. The topological polar surface area (TPSA) is 54.0 Å². The predicted octanol–water partition coefficient (Wildman–Crippen LogP) is 3.19. The molecule has 0 atom stereocenters. The van der Waals surface area contributed by atoms with Crippen molar-refractivity contribution in [2.45, 2.75) is 0 Å². The summed E-state index contributed by atoms with van der Waals surface area (Å²) in [5.74, 6) is 0. The molecule has 74 valence electrons. The van der Waals surface area contributed by atoms with Gasteiger partial charge in [0.15, 0.2) is 5.43 Å². The number of nitriles is 1. The van der Waals surface area contributed by atoms with Gasteiger partial charge in [-0.05, 0) is 31.9 Å². The lowest BCUT2D eigenvalue weighted by Gasteiger charge is -2.02. The Hall–Kier alpha value is -1.12. The molecule has 5 heteroatoms. The van der Waals surface area contributed by atoms with Crippen LogP contribution in [0, 0.1) is 11.3 Å². The van der Waals surface area contributed by atoms with E-state index in [1.165, 1.54) is 18.4 Å². The first-order valence-corrected chi connectivity index (χ1v) is 5.53. The molecular weight excluding hydrogens is 326 g/mol. The molecule has 3 nitrogen and oxygen atoms in total. The summed E-state index contributed by atoms with van der Waals surface area (Å²) in [6.07, 6.45) is 1.31. The van der Waals surface area contributed by atoms with Gasteiger partial charge in [0, 0.05) is 16.6 Å². The summed E-state index contributed by atoms with van der Waals surface area (Å²) in [6, 6.07) is 4.88. The van der Waals surface area contributed by atoms with Crippen LogP contribution in [0.2, 0.25) is 0 Å². The molecular formula is C10H3Br2NO2. The molecule has 0 unspecified atom stereocenters. The molecule has 1 aromatic heterocycles. The summed E-state index contributed by atoms with van der Waals surface area (Å²) in [4.78, 5) is 11.6. The van der Waals surface area contributed by atoms with E-state index < -0.39 is 0 Å². The summed E-state index contributed by atoms with van der Waals surface area (Å²) in [5, 5.41) is 9.28. The lowest BCUT2D eigenvalue weighted by atomic mass is 10.1. The zero-order valence-corrected chi connectivity index (χ0v) is 10.4. The van der Waals surface area contributed by atoms with Crippen LogP contribution >= 0.6 is 31.9 Å². The van der Waals surface area contributed by atoms with Crippen molar-refractivity contribution in [3.63, 3.8) is 0 Å². The minimum atomic E-state index is -0.145. The second-order valence-corrected chi connectivity index (χ2v) is 4.41. The maximum absolute atomic E-state index is 11.6. The van der Waals surface area contributed by atoms with Crippen LogP contribution in [0.5, 0.6) is 0 Å². The van der Waals surface area contributed by atoms with E-state index in [4.69, 9.17) is 9.68 Å². The SMILES string of the molecule is N#Cc1cc2occc(=O)c2c(Br)c1Br. The second-order valence-electron chi connectivity index (χ2n) is 2.82. The van der Waals surface area contributed by atoms with Crippen molar-refractivity contribution >= 4 is 42.8 Å². The molecule has 0 aliphatic heterocycles. The summed E-state index contributed by atoms with van der Waals surface area (Å²) in [5.41, 5.74) is 0.672. The molecule has 2 rings (SSSR count). The highest BCUT2D eigenvalue weighted by Crippen LogP contribution is 2.32. The Morgan fingerprint density at radius 3 is 2.73 bits per heavy atom. The van der Waals surface area contributed by atoms with Gasteiger partial charge in [-0.2, -0.15) is 5.26 Å². The van der Waals surface area contributed by atoms with E-state index in [1.807, 2.05) is 6.07 Å². The first-order valence-electron chi connectivity index (χ1n) is 3.94. The van der Waals surface area contributed by atoms with Crippen molar-refractivity contribution in [3.8, 4) is 6.07 Å². The van der Waals surface area contributed by atoms with Crippen LogP contribution in [0.3, 0.4) is 0 Å². The largest absolute Gasteiger partial charge is 0.464 e. The van der Waals surface area contributed by atoms with Crippen molar-refractivity contribution in [2.24, 2.45) is 0 Å². The third-order valence-electron chi connectivity index (χ3n) is 1.95. The van der Waals surface area contributed by atoms with Crippen LogP contribution in [0.4, 0.5) is 0 Å². The Morgan fingerprint density at radius 2 is 2.07 bits per heavy atom. The first-order chi connectivity index (χ1) is 7.15. The van der Waals surface area contributed by atoms with Crippen LogP contribution in [0.15, 0.2) is 36.6 Å². The maximum Gasteiger partial charge on any atom is 0.193 e. The summed E-state index contributed by atoms with van der Waals surface area (Å²) in [6.45, 7) is 0. The molecule has 0 spiro atoms. The molecule has 15 heavy (non-hydrogen) atoms. The van der Waals surface area contributed by atoms with Crippen LogP contribution in [0.25, 0.3) is 11.0 Å². The third-order valence-corrected chi connectivity index (χ3v) is 4.10. The number of hydrogen-bond donors (Lipinski definition) is 0. The summed E-state index contributed by atoms with van der Waals surface area (Å²) in [7, 11) is 0. The molecule has 2 aromatic rings. The number of halogens is 2. The number of benzene rings is 1. The van der Waals surface area contributed by atoms with E-state index in [-0.39, 0.29) is 5.43 Å². The Kier molecular flexibility index (Phi) is 2.63. The Labute approximate surface area is 102 Å². The van der Waals surface area contributed by atoms with Gasteiger partial charge in [0.1, 0.15) is 11.7 Å². The fourth-order valence-electron chi connectivity index (χ4n) is 1.26. The van der Waals surface area contributed by atoms with Crippen molar-refractivity contribution in [1.82, 2.24) is 0 Å². The van der Waals surface area contributed by atoms with Crippen LogP contribution in [-0.2, 0) is 0 Å². The van der Waals surface area contributed by atoms with E-state index in [1.54, 1.807) is 0 Å². The van der Waals surface area contributed by atoms with Gasteiger partial charge in [0.25, 0.3) is 0 Å². The van der Waals surface area contributed by atoms with Gasteiger partial charge in [-0.25, -0.2) is 0 Å². The second kappa shape index (κ2) is 3.80. The zero-order valence-electron chi connectivity index (χ0n) is 7.25. The monoisotopic (exact) mass is 327 g/mol. The number of hydrogen-bond acceptors (Lipinski definition) is 3. The summed E-state index contributed by atoms with van der Waals surface area (Å²) >= 11 is 6.51. The molecule has 0 fully saturated rings. The van der Waals surface area contributed by atoms with Gasteiger partial charge >= 0.3 is 0 Å². The molecule has 0 radical (unpaired) electrons. The number of rotatable bonds is 0. The average molecular weight is 329 g/mol. The molecule has 0 amide bonds. The van der Waals surface area contributed by atoms with E-state index in [0.29, 0.717) is 25.5 Å². The lowest BCUT2D eigenvalue weighted by Crippen LogP contribution is -2.00. The van der Waals surface area contributed by atoms with E-state index in [9.17, 15) is 4.79 Å². The van der Waals surface area contributed by atoms with Crippen LogP contribution in [0.1, 0.15) is 5.56 Å². The fraction of sp³-hybridized carbons (Fsp3) is 0. The van der Waals surface area contributed by atoms with Gasteiger partial charge in [-0.1, -0.05) is 0 Å². The van der Waals surface area contributed by atoms with E-state index in [0.717, 1.165) is 0 Å². The zero-order chi connectivity index (χ0) is 11.0. The highest BCUT2D eigenvalue weighted by Gasteiger charge is 2.12. The smallest absolute Gasteiger partial charge is 0.193 e. The molecule has 0 saturated heterocycles. The quantitative estimate of drug-likeness (QED) is 0.746. The highest BCUT2D eigenvalue weighted by molar-refractivity contribution is 9.13. The van der Waals surface area contributed by atoms with Crippen LogP contribution < -0.4 is 5.43 Å². The van der Waals surface area contributed by atoms with Crippen molar-refractivity contribution in [1.29, 1.82) is 5.26 Å². The number of nitrogens with zero attached hydrogens (tertiary/aromatic N) is 1. The molecule has 0 saturated carbocycles. The highest BCUT2D eigenvalue weighted by atomic mass is 79.9. The normalized spacial score (nSPS) is 10.2. The number of fused-ring (bicyclic) bond motifs is 1. The molecule has 1 aromatic carbocycles. The first kappa shape index (κ1) is 10.4. The molecule has 0 aliphatic rings. The van der Waals surface area contributed by atoms with Gasteiger partial charge in [0.05, 0.1) is 21.7 Å². The molecule has 1 heterocycles. The molecule has 0 N–H and O–H groups in total. The fourth-order valence-corrected chi connectivity index (χ4v) is 2.26. The predicted molar refractivity (Wildman–Crippen MR) is 62.6 cm³/mol. The summed E-state index contributed by atoms with van der Waals surface area (Å²) < 4.78 is 6.28. The van der Waals surface area contributed by atoms with E-state index >= 15 is 0 Å². The standard InChI is InChI=1S/C10H3Br2NO2/c11-9-5(4-13)3-7-8(10(9)12)6(14)1-2-15-7/h1-3H. The van der Waals surface area contributed by atoms with Crippen LogP contribution in [-0.4, -0.2) is 0 Å². The van der Waals surface area contributed by atoms with Crippen molar-refractivity contribution in [2.75, 3.05) is 0 Å². The lowest BCUT2D eigenvalue weighted by molar-refractivity contribution is 0.602. The average Bonchev–Trinajstić information content (AvgIpc) is 2.23. The van der Waals surface area contributed by atoms with E-state index in [2.05, 4.69) is 31.9 Å². The minimum absolute atomic E-state index is 0.145. The van der Waals surface area contributed by atoms with Crippen molar-refractivity contribution in [3.05, 3.63) is 43.1 Å². The maximum atomic E-state index is 11.6. The molecule has 0 aliphatic carbocycles. The van der Waals surface area contributed by atoms with Gasteiger partial charge in [-0.15, -0.1) is 0 Å². The third kappa shape index (κ3) is 1.60.